The van der Waals surface area contributed by atoms with Crippen LogP contribution >= 0.6 is 0 Å². The number of anilines is 1. The van der Waals surface area contributed by atoms with E-state index >= 15 is 0 Å². The zero-order valence-electron chi connectivity index (χ0n) is 15.7. The molecule has 0 atom stereocenters. The molecule has 0 saturated carbocycles. The van der Waals surface area contributed by atoms with Gasteiger partial charge in [0.1, 0.15) is 0 Å². The van der Waals surface area contributed by atoms with E-state index in [1.54, 1.807) is 40.0 Å². The number of nitrogens with zero attached hydrogens (tertiary/aromatic N) is 3. The first kappa shape index (κ1) is 18.7. The zero-order chi connectivity index (χ0) is 20.1. The Morgan fingerprint density at radius 2 is 1.66 bits per heavy atom. The highest BCUT2D eigenvalue weighted by Gasteiger charge is 2.18. The molecule has 0 unspecified atom stereocenters. The molecule has 1 aliphatic heterocycles. The first-order valence-electron chi connectivity index (χ1n) is 9.34. The number of para-hydroxylation sites is 1. The Balaban J connectivity index is 1.34. The van der Waals surface area contributed by atoms with Gasteiger partial charge in [-0.2, -0.15) is 5.10 Å². The normalized spacial score (nSPS) is 13.7. The molecule has 1 saturated heterocycles. The molecule has 0 spiro atoms. The average Bonchev–Trinajstić information content (AvgIpc) is 3.29. The summed E-state index contributed by atoms with van der Waals surface area (Å²) in [6, 6.07) is 16.5. The highest BCUT2D eigenvalue weighted by atomic mass is 16.5. The molecule has 29 heavy (non-hydrogen) atoms. The quantitative estimate of drug-likeness (QED) is 0.651. The Morgan fingerprint density at radius 1 is 0.931 bits per heavy atom. The average molecular weight is 391 g/mol. The number of ether oxygens (including phenoxy) is 1. The van der Waals surface area contributed by atoms with Crippen molar-refractivity contribution in [2.24, 2.45) is 0 Å². The summed E-state index contributed by atoms with van der Waals surface area (Å²) in [5.41, 5.74) is 8.08. The van der Waals surface area contributed by atoms with Crippen molar-refractivity contribution in [1.82, 2.24) is 20.1 Å². The Hall–Kier alpha value is -3.65. The van der Waals surface area contributed by atoms with Crippen LogP contribution in [0.4, 0.5) is 5.69 Å². The molecule has 2 heterocycles. The van der Waals surface area contributed by atoms with Gasteiger partial charge in [-0.25, -0.2) is 4.68 Å². The van der Waals surface area contributed by atoms with Crippen molar-refractivity contribution >= 4 is 17.5 Å². The molecule has 1 aliphatic rings. The number of amides is 2. The molecule has 8 nitrogen and oxygen atoms in total. The van der Waals surface area contributed by atoms with Gasteiger partial charge in [0.25, 0.3) is 11.8 Å². The van der Waals surface area contributed by atoms with E-state index in [9.17, 15) is 9.59 Å². The second-order valence-corrected chi connectivity index (χ2v) is 6.57. The summed E-state index contributed by atoms with van der Waals surface area (Å²) in [6.07, 6.45) is 3.17. The van der Waals surface area contributed by atoms with E-state index in [-0.39, 0.29) is 11.8 Å². The van der Waals surface area contributed by atoms with E-state index in [2.05, 4.69) is 16.0 Å². The molecule has 8 heteroatoms. The fourth-order valence-corrected chi connectivity index (χ4v) is 3.01. The molecule has 3 aromatic rings. The van der Waals surface area contributed by atoms with E-state index in [0.717, 1.165) is 5.69 Å². The summed E-state index contributed by atoms with van der Waals surface area (Å²) >= 11 is 0. The van der Waals surface area contributed by atoms with Gasteiger partial charge in [0.05, 0.1) is 36.3 Å². The topological polar surface area (TPSA) is 88.5 Å². The third-order valence-corrected chi connectivity index (χ3v) is 4.62. The van der Waals surface area contributed by atoms with Crippen molar-refractivity contribution in [2.45, 2.75) is 0 Å². The molecular formula is C21H21N5O3. The van der Waals surface area contributed by atoms with Crippen LogP contribution in [0, 0.1) is 0 Å². The monoisotopic (exact) mass is 391 g/mol. The summed E-state index contributed by atoms with van der Waals surface area (Å²) in [5, 5.41) is 4.21. The van der Waals surface area contributed by atoms with Gasteiger partial charge in [-0.3, -0.25) is 20.4 Å². The maximum absolute atomic E-state index is 12.5. The lowest BCUT2D eigenvalue weighted by Crippen LogP contribution is -2.40. The zero-order valence-corrected chi connectivity index (χ0v) is 15.7. The van der Waals surface area contributed by atoms with E-state index in [1.807, 2.05) is 30.3 Å². The van der Waals surface area contributed by atoms with Gasteiger partial charge in [-0.1, -0.05) is 18.2 Å². The summed E-state index contributed by atoms with van der Waals surface area (Å²) in [4.78, 5) is 26.6. The fraction of sp³-hybridized carbons (Fsp3) is 0.190. The Kier molecular flexibility index (Phi) is 5.53. The van der Waals surface area contributed by atoms with Crippen LogP contribution in [0.15, 0.2) is 67.0 Å². The second kappa shape index (κ2) is 8.57. The largest absolute Gasteiger partial charge is 0.378 e. The number of carbonyl (C=O) groups excluding carboxylic acids is 2. The molecule has 0 aliphatic carbocycles. The third-order valence-electron chi connectivity index (χ3n) is 4.62. The molecule has 0 radical (unpaired) electrons. The number of hydrogen-bond acceptors (Lipinski definition) is 5. The summed E-state index contributed by atoms with van der Waals surface area (Å²) < 4.78 is 6.91. The number of benzene rings is 2. The maximum atomic E-state index is 12.5. The van der Waals surface area contributed by atoms with E-state index in [0.29, 0.717) is 43.1 Å². The van der Waals surface area contributed by atoms with Gasteiger partial charge in [-0.15, -0.1) is 0 Å². The summed E-state index contributed by atoms with van der Waals surface area (Å²) in [7, 11) is 0. The first-order chi connectivity index (χ1) is 14.2. The van der Waals surface area contributed by atoms with Crippen LogP contribution in [0.5, 0.6) is 0 Å². The van der Waals surface area contributed by atoms with Crippen LogP contribution in [0.1, 0.15) is 20.7 Å². The van der Waals surface area contributed by atoms with Gasteiger partial charge in [0.15, 0.2) is 0 Å². The van der Waals surface area contributed by atoms with Crippen molar-refractivity contribution < 1.29 is 14.3 Å². The summed E-state index contributed by atoms with van der Waals surface area (Å²) in [6.45, 7) is 2.34. The number of nitrogens with one attached hydrogen (secondary N) is 2. The number of morpholine rings is 1. The SMILES string of the molecule is O=C(NNc1ccc(C(=O)N2CCOCC2)cc1)c1cnn(-c2ccccc2)c1. The standard InChI is InChI=1S/C21H21N5O3/c27-20(17-14-22-26(15-17)19-4-2-1-3-5-19)24-23-18-8-6-16(7-9-18)21(28)25-10-12-29-13-11-25/h1-9,14-15,23H,10-13H2,(H,24,27). The highest BCUT2D eigenvalue weighted by molar-refractivity contribution is 5.95. The van der Waals surface area contributed by atoms with E-state index < -0.39 is 0 Å². The van der Waals surface area contributed by atoms with Crippen LogP contribution in [0.2, 0.25) is 0 Å². The first-order valence-corrected chi connectivity index (χ1v) is 9.34. The molecule has 148 valence electrons. The van der Waals surface area contributed by atoms with Crippen molar-refractivity contribution in [3.05, 3.63) is 78.1 Å². The molecule has 0 bridgehead atoms. The number of aromatic nitrogens is 2. The van der Waals surface area contributed by atoms with Crippen molar-refractivity contribution in [2.75, 3.05) is 31.7 Å². The van der Waals surface area contributed by atoms with Crippen molar-refractivity contribution in [3.8, 4) is 5.69 Å². The van der Waals surface area contributed by atoms with Gasteiger partial charge < -0.3 is 9.64 Å². The van der Waals surface area contributed by atoms with Gasteiger partial charge in [0.2, 0.25) is 0 Å². The number of hydrogen-bond donors (Lipinski definition) is 2. The Morgan fingerprint density at radius 3 is 2.38 bits per heavy atom. The van der Waals surface area contributed by atoms with Crippen LogP contribution < -0.4 is 10.9 Å². The molecule has 2 N–H and O–H groups in total. The van der Waals surface area contributed by atoms with E-state index in [1.165, 1.54) is 6.20 Å². The van der Waals surface area contributed by atoms with Crippen LogP contribution in [0.3, 0.4) is 0 Å². The van der Waals surface area contributed by atoms with Crippen LogP contribution in [-0.2, 0) is 4.74 Å². The van der Waals surface area contributed by atoms with Crippen LogP contribution in [-0.4, -0.2) is 52.8 Å². The maximum Gasteiger partial charge on any atom is 0.272 e. The second-order valence-electron chi connectivity index (χ2n) is 6.57. The molecule has 1 fully saturated rings. The smallest absolute Gasteiger partial charge is 0.272 e. The van der Waals surface area contributed by atoms with E-state index in [4.69, 9.17) is 4.74 Å². The third kappa shape index (κ3) is 4.44. The highest BCUT2D eigenvalue weighted by Crippen LogP contribution is 2.13. The predicted molar refractivity (Wildman–Crippen MR) is 108 cm³/mol. The number of hydrazine groups is 1. The van der Waals surface area contributed by atoms with Crippen molar-refractivity contribution in [1.29, 1.82) is 0 Å². The Bertz CT molecular complexity index is 979. The Labute approximate surface area is 168 Å². The van der Waals surface area contributed by atoms with Gasteiger partial charge in [0, 0.05) is 24.8 Å². The molecule has 4 rings (SSSR count). The lowest BCUT2D eigenvalue weighted by molar-refractivity contribution is 0.0303. The van der Waals surface area contributed by atoms with Gasteiger partial charge >= 0.3 is 0 Å². The van der Waals surface area contributed by atoms with Crippen LogP contribution in [0.25, 0.3) is 5.69 Å². The minimum Gasteiger partial charge on any atom is -0.378 e. The molecule has 1 aromatic heterocycles. The lowest BCUT2D eigenvalue weighted by atomic mass is 10.2. The minimum atomic E-state index is -0.305. The molecule has 2 aromatic carbocycles. The lowest BCUT2D eigenvalue weighted by Gasteiger charge is -2.26. The summed E-state index contributed by atoms with van der Waals surface area (Å²) in [5.74, 6) is -0.321. The van der Waals surface area contributed by atoms with Gasteiger partial charge in [-0.05, 0) is 36.4 Å². The predicted octanol–water partition coefficient (Wildman–Crippen LogP) is 2.10. The number of rotatable bonds is 5. The fourth-order valence-electron chi connectivity index (χ4n) is 3.01. The van der Waals surface area contributed by atoms with Crippen molar-refractivity contribution in [3.63, 3.8) is 0 Å². The molecular weight excluding hydrogens is 370 g/mol. The molecule has 2 amide bonds. The number of carbonyl (C=O) groups is 2. The minimum absolute atomic E-state index is 0.0165.